The van der Waals surface area contributed by atoms with E-state index in [4.69, 9.17) is 10.5 Å². The highest BCUT2D eigenvalue weighted by Crippen LogP contribution is 2.45. The lowest BCUT2D eigenvalue weighted by Gasteiger charge is -2.42. The van der Waals surface area contributed by atoms with Gasteiger partial charge in [-0.05, 0) is 74.7 Å². The van der Waals surface area contributed by atoms with Crippen LogP contribution in [0, 0.1) is 24.7 Å². The zero-order chi connectivity index (χ0) is 21.7. The minimum absolute atomic E-state index is 0.142. The average Bonchev–Trinajstić information content (AvgIpc) is 3.16. The fourth-order valence-corrected chi connectivity index (χ4v) is 5.07. The molecule has 1 amide bonds. The van der Waals surface area contributed by atoms with Crippen LogP contribution in [0.4, 0.5) is 4.79 Å². The number of ether oxygens (including phenoxy) is 1. The molecule has 0 bridgehead atoms. The zero-order valence-corrected chi connectivity index (χ0v) is 18.4. The number of fused-ring (bicyclic) bond motifs is 1. The number of aryl methyl sites for hydroxylation is 1. The molecule has 1 aliphatic heterocycles. The van der Waals surface area contributed by atoms with Crippen LogP contribution in [-0.2, 0) is 9.53 Å². The Bertz CT molecular complexity index is 849. The van der Waals surface area contributed by atoms with Crippen molar-refractivity contribution in [2.45, 2.75) is 56.7 Å². The number of likely N-dealkylation sites (tertiary alicyclic amines) is 1. The van der Waals surface area contributed by atoms with E-state index < -0.39 is 23.7 Å². The number of amides is 1. The molecule has 3 rings (SSSR count). The van der Waals surface area contributed by atoms with Gasteiger partial charge in [-0.25, -0.2) is 4.79 Å². The van der Waals surface area contributed by atoms with Crippen LogP contribution >= 0.6 is 11.8 Å². The van der Waals surface area contributed by atoms with Gasteiger partial charge in [0.25, 0.3) is 0 Å². The number of carboxylic acid groups (broad SMARTS) is 1. The minimum Gasteiger partial charge on any atom is -0.465 e. The van der Waals surface area contributed by atoms with E-state index in [9.17, 15) is 14.7 Å². The molecule has 6 nitrogen and oxygen atoms in total. The molecular weight excluding hydrogens is 400 g/mol. The molecule has 0 aromatic heterocycles. The molecule has 0 radical (unpaired) electrons. The third-order valence-corrected chi connectivity index (χ3v) is 6.74. The average molecular weight is 431 g/mol. The summed E-state index contributed by atoms with van der Waals surface area (Å²) in [7, 11) is 0. The number of esters is 1. The maximum atomic E-state index is 12.8. The lowest BCUT2D eigenvalue weighted by Crippen LogP contribution is -2.53. The summed E-state index contributed by atoms with van der Waals surface area (Å²) >= 11 is 1.63. The van der Waals surface area contributed by atoms with E-state index in [0.29, 0.717) is 25.8 Å². The van der Waals surface area contributed by atoms with Gasteiger partial charge < -0.3 is 20.5 Å². The van der Waals surface area contributed by atoms with Gasteiger partial charge in [0.05, 0.1) is 0 Å². The van der Waals surface area contributed by atoms with E-state index >= 15 is 0 Å². The number of nitrogens with two attached hydrogens (primary N) is 1. The Labute approximate surface area is 182 Å². The smallest absolute Gasteiger partial charge is 0.407 e. The van der Waals surface area contributed by atoms with Crippen molar-refractivity contribution in [3.8, 4) is 11.8 Å². The Kier molecular flexibility index (Phi) is 7.32. The molecule has 1 aromatic carbocycles. The van der Waals surface area contributed by atoms with Crippen LogP contribution in [-0.4, -0.2) is 58.3 Å². The molecule has 2 aliphatic rings. The second-order valence-corrected chi connectivity index (χ2v) is 9.13. The summed E-state index contributed by atoms with van der Waals surface area (Å²) in [6.07, 6.45) is 4.33. The molecule has 1 heterocycles. The number of rotatable bonds is 5. The maximum Gasteiger partial charge on any atom is 0.407 e. The molecular formula is C23H30N2O4S. The van der Waals surface area contributed by atoms with Crippen LogP contribution in [0.3, 0.4) is 0 Å². The SMILES string of the molecule is CSCC[C@H](N)C(=O)O[C@@]1(C#Cc2cccc(C)c2)CCC[C@@H]2[C@H]1CCN2C(=O)O. The van der Waals surface area contributed by atoms with Crippen molar-refractivity contribution in [1.82, 2.24) is 4.90 Å². The standard InChI is InChI=1S/C23H30N2O4S/c1-16-5-3-6-17(15-16)8-12-23(29-21(26)19(24)10-14-30-2)11-4-7-20-18(23)9-13-25(20)22(27)28/h3,5-6,15,18-20H,4,7,9-11,13-14,24H2,1-2H3,(H,27,28)/t18-,19+,20-,23-/m1/s1. The Morgan fingerprint density at radius 3 is 2.93 bits per heavy atom. The molecule has 1 saturated heterocycles. The van der Waals surface area contributed by atoms with Crippen molar-refractivity contribution in [2.24, 2.45) is 11.7 Å². The number of hydrogen-bond acceptors (Lipinski definition) is 5. The van der Waals surface area contributed by atoms with Gasteiger partial charge in [0, 0.05) is 24.1 Å². The molecule has 0 unspecified atom stereocenters. The first-order valence-electron chi connectivity index (χ1n) is 10.4. The largest absolute Gasteiger partial charge is 0.465 e. The number of thioether (sulfide) groups is 1. The first-order valence-corrected chi connectivity index (χ1v) is 11.8. The molecule has 0 spiro atoms. The summed E-state index contributed by atoms with van der Waals surface area (Å²) in [6, 6.07) is 6.99. The number of benzene rings is 1. The number of nitrogens with zero attached hydrogens (tertiary/aromatic N) is 1. The first-order chi connectivity index (χ1) is 14.4. The van der Waals surface area contributed by atoms with E-state index in [1.165, 1.54) is 4.90 Å². The number of hydrogen-bond donors (Lipinski definition) is 2. The lowest BCUT2D eigenvalue weighted by atomic mass is 9.72. The molecule has 3 N–H and O–H groups in total. The van der Waals surface area contributed by atoms with Crippen LogP contribution in [0.25, 0.3) is 0 Å². The molecule has 1 saturated carbocycles. The van der Waals surface area contributed by atoms with E-state index in [1.54, 1.807) is 11.8 Å². The highest BCUT2D eigenvalue weighted by atomic mass is 32.2. The van der Waals surface area contributed by atoms with Crippen LogP contribution in [0.1, 0.15) is 43.2 Å². The van der Waals surface area contributed by atoms with Crippen molar-refractivity contribution in [2.75, 3.05) is 18.6 Å². The molecule has 1 aliphatic carbocycles. The highest BCUT2D eigenvalue weighted by molar-refractivity contribution is 7.98. The van der Waals surface area contributed by atoms with Gasteiger partial charge in [0.2, 0.25) is 0 Å². The van der Waals surface area contributed by atoms with Gasteiger partial charge in [-0.3, -0.25) is 4.79 Å². The number of carbonyl (C=O) groups is 2. The number of carbonyl (C=O) groups excluding carboxylic acids is 1. The monoisotopic (exact) mass is 430 g/mol. The normalized spacial score (nSPS) is 26.3. The van der Waals surface area contributed by atoms with Gasteiger partial charge in [0.1, 0.15) is 6.04 Å². The summed E-state index contributed by atoms with van der Waals surface area (Å²) in [5.41, 5.74) is 7.03. The fourth-order valence-electron chi connectivity index (χ4n) is 4.58. The van der Waals surface area contributed by atoms with E-state index in [0.717, 1.165) is 29.7 Å². The van der Waals surface area contributed by atoms with Crippen LogP contribution in [0.15, 0.2) is 24.3 Å². The van der Waals surface area contributed by atoms with Gasteiger partial charge >= 0.3 is 12.1 Å². The first kappa shape index (κ1) is 22.5. The van der Waals surface area contributed by atoms with Crippen molar-refractivity contribution >= 4 is 23.8 Å². The Morgan fingerprint density at radius 2 is 2.23 bits per heavy atom. The van der Waals surface area contributed by atoms with Crippen LogP contribution in [0.2, 0.25) is 0 Å². The van der Waals surface area contributed by atoms with Crippen molar-refractivity contribution in [3.63, 3.8) is 0 Å². The van der Waals surface area contributed by atoms with Gasteiger partial charge in [0.15, 0.2) is 5.60 Å². The van der Waals surface area contributed by atoms with E-state index in [1.807, 2.05) is 37.4 Å². The molecule has 4 atom stereocenters. The van der Waals surface area contributed by atoms with Crippen molar-refractivity contribution in [3.05, 3.63) is 35.4 Å². The van der Waals surface area contributed by atoms with Crippen molar-refractivity contribution in [1.29, 1.82) is 0 Å². The Hall–Kier alpha value is -2.17. The van der Waals surface area contributed by atoms with Crippen molar-refractivity contribution < 1.29 is 19.4 Å². The Balaban J connectivity index is 1.93. The maximum absolute atomic E-state index is 12.8. The molecule has 30 heavy (non-hydrogen) atoms. The minimum atomic E-state index is -1.01. The third kappa shape index (κ3) is 4.93. The topological polar surface area (TPSA) is 92.9 Å². The summed E-state index contributed by atoms with van der Waals surface area (Å²) in [5, 5.41) is 9.59. The summed E-state index contributed by atoms with van der Waals surface area (Å²) in [5.74, 6) is 6.67. The zero-order valence-electron chi connectivity index (χ0n) is 17.6. The molecule has 162 valence electrons. The van der Waals surface area contributed by atoms with Gasteiger partial charge in [-0.15, -0.1) is 0 Å². The van der Waals surface area contributed by atoms with E-state index in [-0.39, 0.29) is 12.0 Å². The summed E-state index contributed by atoms with van der Waals surface area (Å²) in [6.45, 7) is 2.44. The summed E-state index contributed by atoms with van der Waals surface area (Å²) in [4.78, 5) is 26.0. The predicted octanol–water partition coefficient (Wildman–Crippen LogP) is 3.26. The second-order valence-electron chi connectivity index (χ2n) is 8.15. The van der Waals surface area contributed by atoms with Gasteiger partial charge in [-0.1, -0.05) is 18.1 Å². The fraction of sp³-hybridized carbons (Fsp3) is 0.565. The highest BCUT2D eigenvalue weighted by Gasteiger charge is 2.53. The quantitative estimate of drug-likeness (QED) is 0.550. The Morgan fingerprint density at radius 1 is 1.43 bits per heavy atom. The second kappa shape index (κ2) is 9.76. The summed E-state index contributed by atoms with van der Waals surface area (Å²) < 4.78 is 6.07. The molecule has 7 heteroatoms. The molecule has 2 fully saturated rings. The van der Waals surface area contributed by atoms with E-state index in [2.05, 4.69) is 11.8 Å². The third-order valence-electron chi connectivity index (χ3n) is 6.09. The lowest BCUT2D eigenvalue weighted by molar-refractivity contribution is -0.164. The van der Waals surface area contributed by atoms with Gasteiger partial charge in [-0.2, -0.15) is 11.8 Å². The van der Waals surface area contributed by atoms with Crippen LogP contribution < -0.4 is 5.73 Å². The predicted molar refractivity (Wildman–Crippen MR) is 118 cm³/mol. The van der Waals surface area contributed by atoms with Crippen LogP contribution in [0.5, 0.6) is 0 Å². The molecule has 1 aromatic rings.